The zero-order valence-electron chi connectivity index (χ0n) is 12.1. The molecule has 2 aliphatic heterocycles. The van der Waals surface area contributed by atoms with E-state index in [9.17, 15) is 4.79 Å². The first-order valence-corrected chi connectivity index (χ1v) is 7.51. The molecule has 2 aliphatic rings. The molecule has 4 nitrogen and oxygen atoms in total. The van der Waals surface area contributed by atoms with Gasteiger partial charge in [0.15, 0.2) is 0 Å². The van der Waals surface area contributed by atoms with Gasteiger partial charge in [-0.2, -0.15) is 0 Å². The number of piperidine rings is 1. The average Bonchev–Trinajstić information content (AvgIpc) is 2.47. The number of benzene rings is 1. The smallest absolute Gasteiger partial charge is 0.240 e. The largest absolute Gasteiger partial charge is 0.353 e. The van der Waals surface area contributed by atoms with Crippen molar-refractivity contribution in [2.75, 3.05) is 19.6 Å². The lowest BCUT2D eigenvalue weighted by Gasteiger charge is -2.46. The van der Waals surface area contributed by atoms with Crippen LogP contribution >= 0.6 is 0 Å². The molecule has 2 saturated heterocycles. The maximum absolute atomic E-state index is 12.2. The van der Waals surface area contributed by atoms with Gasteiger partial charge < -0.3 is 10.6 Å². The molecule has 1 aromatic carbocycles. The summed E-state index contributed by atoms with van der Waals surface area (Å²) in [5, 5.41) is 6.47. The van der Waals surface area contributed by atoms with Crippen LogP contribution in [-0.2, 0) is 11.3 Å². The average molecular weight is 273 g/mol. The van der Waals surface area contributed by atoms with Gasteiger partial charge in [-0.1, -0.05) is 30.3 Å². The molecule has 0 radical (unpaired) electrons. The number of hydrogen-bond donors (Lipinski definition) is 2. The van der Waals surface area contributed by atoms with E-state index in [0.717, 1.165) is 39.0 Å². The molecule has 2 fully saturated rings. The number of nitrogens with zero attached hydrogens (tertiary/aromatic N) is 1. The monoisotopic (exact) mass is 273 g/mol. The molecule has 1 aromatic rings. The molecule has 108 valence electrons. The number of piperazine rings is 1. The summed E-state index contributed by atoms with van der Waals surface area (Å²) < 4.78 is 0. The summed E-state index contributed by atoms with van der Waals surface area (Å²) in [7, 11) is 0. The topological polar surface area (TPSA) is 44.4 Å². The molecule has 2 heterocycles. The third-order valence-electron chi connectivity index (χ3n) is 4.63. The van der Waals surface area contributed by atoms with Gasteiger partial charge in [0.05, 0.1) is 0 Å². The fraction of sp³-hybridized carbons (Fsp3) is 0.562. The van der Waals surface area contributed by atoms with Crippen LogP contribution in [0.4, 0.5) is 0 Å². The summed E-state index contributed by atoms with van der Waals surface area (Å²) >= 11 is 0. The van der Waals surface area contributed by atoms with Crippen molar-refractivity contribution < 1.29 is 4.79 Å². The molecule has 0 aromatic heterocycles. The number of hydrogen-bond acceptors (Lipinski definition) is 3. The standard InChI is InChI=1S/C16H23N3O/c1-13-11-16(15(20)17-8-9-18-16)7-10-19(13)12-14-5-3-2-4-6-14/h2-6,13,18H,7-12H2,1H3,(H,17,20). The predicted octanol–water partition coefficient (Wildman–Crippen LogP) is 1.13. The minimum Gasteiger partial charge on any atom is -0.353 e. The van der Waals surface area contributed by atoms with Crippen molar-refractivity contribution in [2.45, 2.75) is 37.9 Å². The second kappa shape index (κ2) is 5.54. The normalized spacial score (nSPS) is 31.2. The second-order valence-electron chi connectivity index (χ2n) is 6.02. The molecule has 2 N–H and O–H groups in total. The summed E-state index contributed by atoms with van der Waals surface area (Å²) in [6.45, 7) is 5.81. The Hall–Kier alpha value is -1.39. The van der Waals surface area contributed by atoms with Gasteiger partial charge in [0.25, 0.3) is 0 Å². The van der Waals surface area contributed by atoms with Gasteiger partial charge in [0.1, 0.15) is 5.54 Å². The molecule has 2 atom stereocenters. The van der Waals surface area contributed by atoms with Crippen molar-refractivity contribution in [1.29, 1.82) is 0 Å². The highest BCUT2D eigenvalue weighted by atomic mass is 16.2. The Kier molecular flexibility index (Phi) is 3.76. The maximum Gasteiger partial charge on any atom is 0.240 e. The molecule has 1 amide bonds. The van der Waals surface area contributed by atoms with Crippen LogP contribution in [0.25, 0.3) is 0 Å². The molecular formula is C16H23N3O. The SMILES string of the molecule is CC1CC2(CCN1Cc1ccccc1)NCCNC2=O. The number of likely N-dealkylation sites (tertiary alicyclic amines) is 1. The highest BCUT2D eigenvalue weighted by Crippen LogP contribution is 2.29. The van der Waals surface area contributed by atoms with Gasteiger partial charge in [-0.05, 0) is 25.3 Å². The first-order valence-electron chi connectivity index (χ1n) is 7.51. The van der Waals surface area contributed by atoms with Gasteiger partial charge >= 0.3 is 0 Å². The highest BCUT2D eigenvalue weighted by molar-refractivity contribution is 5.87. The zero-order chi connectivity index (χ0) is 14.0. The highest BCUT2D eigenvalue weighted by Gasteiger charge is 2.44. The quantitative estimate of drug-likeness (QED) is 0.849. The maximum atomic E-state index is 12.2. The molecule has 1 spiro atoms. The second-order valence-corrected chi connectivity index (χ2v) is 6.02. The first kappa shape index (κ1) is 13.6. The van der Waals surface area contributed by atoms with Crippen LogP contribution in [0.3, 0.4) is 0 Å². The van der Waals surface area contributed by atoms with E-state index in [1.807, 2.05) is 0 Å². The summed E-state index contributed by atoms with van der Waals surface area (Å²) in [5.74, 6) is 0.190. The number of rotatable bonds is 2. The van der Waals surface area contributed by atoms with Crippen molar-refractivity contribution in [3.8, 4) is 0 Å². The fourth-order valence-electron chi connectivity index (χ4n) is 3.44. The Bertz CT molecular complexity index is 476. The van der Waals surface area contributed by atoms with Crippen molar-refractivity contribution in [2.24, 2.45) is 0 Å². The van der Waals surface area contributed by atoms with E-state index in [1.54, 1.807) is 0 Å². The van der Waals surface area contributed by atoms with E-state index in [0.29, 0.717) is 6.04 Å². The van der Waals surface area contributed by atoms with Crippen LogP contribution in [0.2, 0.25) is 0 Å². The van der Waals surface area contributed by atoms with E-state index < -0.39 is 0 Å². The van der Waals surface area contributed by atoms with Gasteiger partial charge in [0.2, 0.25) is 5.91 Å². The number of carbonyl (C=O) groups excluding carboxylic acids is 1. The van der Waals surface area contributed by atoms with Crippen molar-refractivity contribution in [1.82, 2.24) is 15.5 Å². The third-order valence-corrected chi connectivity index (χ3v) is 4.63. The zero-order valence-corrected chi connectivity index (χ0v) is 12.1. The lowest BCUT2D eigenvalue weighted by molar-refractivity contribution is -0.132. The van der Waals surface area contributed by atoms with Crippen molar-refractivity contribution in [3.63, 3.8) is 0 Å². The van der Waals surface area contributed by atoms with Gasteiger partial charge in [0, 0.05) is 32.2 Å². The molecule has 3 rings (SSSR count). The molecule has 0 aliphatic carbocycles. The molecule has 4 heteroatoms. The fourth-order valence-corrected chi connectivity index (χ4v) is 3.44. The summed E-state index contributed by atoms with van der Waals surface area (Å²) in [6.07, 6.45) is 1.79. The van der Waals surface area contributed by atoms with E-state index in [1.165, 1.54) is 5.56 Å². The summed E-state index contributed by atoms with van der Waals surface area (Å²) in [4.78, 5) is 14.7. The van der Waals surface area contributed by atoms with Crippen LogP contribution in [0, 0.1) is 0 Å². The molecular weight excluding hydrogens is 250 g/mol. The first-order chi connectivity index (χ1) is 9.70. The Morgan fingerprint density at radius 1 is 1.30 bits per heavy atom. The minimum atomic E-state index is -0.329. The Morgan fingerprint density at radius 2 is 2.10 bits per heavy atom. The van der Waals surface area contributed by atoms with Crippen LogP contribution in [0.5, 0.6) is 0 Å². The van der Waals surface area contributed by atoms with E-state index in [4.69, 9.17) is 0 Å². The third kappa shape index (κ3) is 2.58. The van der Waals surface area contributed by atoms with Gasteiger partial charge in [-0.3, -0.25) is 9.69 Å². The Labute approximate surface area is 120 Å². The summed E-state index contributed by atoms with van der Waals surface area (Å²) in [5.41, 5.74) is 1.02. The number of nitrogens with one attached hydrogen (secondary N) is 2. The lowest BCUT2D eigenvalue weighted by Crippen LogP contribution is -2.67. The van der Waals surface area contributed by atoms with Crippen molar-refractivity contribution >= 4 is 5.91 Å². The lowest BCUT2D eigenvalue weighted by atomic mass is 9.81. The van der Waals surface area contributed by atoms with E-state index in [2.05, 4.69) is 52.8 Å². The summed E-state index contributed by atoms with van der Waals surface area (Å²) in [6, 6.07) is 11.0. The van der Waals surface area contributed by atoms with Crippen LogP contribution in [0.15, 0.2) is 30.3 Å². The minimum absolute atomic E-state index is 0.190. The molecule has 20 heavy (non-hydrogen) atoms. The van der Waals surface area contributed by atoms with E-state index >= 15 is 0 Å². The predicted molar refractivity (Wildman–Crippen MR) is 79.3 cm³/mol. The van der Waals surface area contributed by atoms with Crippen molar-refractivity contribution in [3.05, 3.63) is 35.9 Å². The number of carbonyl (C=O) groups is 1. The van der Waals surface area contributed by atoms with Crippen LogP contribution in [0.1, 0.15) is 25.3 Å². The van der Waals surface area contributed by atoms with Crippen LogP contribution in [-0.4, -0.2) is 42.0 Å². The Morgan fingerprint density at radius 3 is 2.80 bits per heavy atom. The Balaban J connectivity index is 1.66. The number of amides is 1. The van der Waals surface area contributed by atoms with Crippen LogP contribution < -0.4 is 10.6 Å². The van der Waals surface area contributed by atoms with Gasteiger partial charge in [-0.15, -0.1) is 0 Å². The van der Waals surface area contributed by atoms with E-state index in [-0.39, 0.29) is 11.4 Å². The molecule has 2 unspecified atom stereocenters. The molecule has 0 saturated carbocycles. The van der Waals surface area contributed by atoms with Gasteiger partial charge in [-0.25, -0.2) is 0 Å². The molecule has 0 bridgehead atoms.